The van der Waals surface area contributed by atoms with Crippen molar-refractivity contribution in [3.63, 3.8) is 0 Å². The van der Waals surface area contributed by atoms with Gasteiger partial charge in [-0.05, 0) is 25.3 Å². The lowest BCUT2D eigenvalue weighted by molar-refractivity contribution is -0.118. The van der Waals surface area contributed by atoms with Gasteiger partial charge in [0.05, 0.1) is 0 Å². The fraction of sp³-hybridized carbons (Fsp3) is 0.400. The summed E-state index contributed by atoms with van der Waals surface area (Å²) < 4.78 is 0. The van der Waals surface area contributed by atoms with E-state index in [0.29, 0.717) is 0 Å². The molecule has 0 aromatic heterocycles. The van der Waals surface area contributed by atoms with E-state index in [-0.39, 0.29) is 17.7 Å². The van der Waals surface area contributed by atoms with E-state index in [0.717, 1.165) is 18.5 Å². The maximum atomic E-state index is 11.6. The van der Waals surface area contributed by atoms with Crippen LogP contribution in [0.1, 0.15) is 38.3 Å². The number of hydrogen-bond donors (Lipinski definition) is 1. The average molecular weight is 229 g/mol. The zero-order chi connectivity index (χ0) is 12.3. The molecular formula is C15H19NO. The first-order valence-electron chi connectivity index (χ1n) is 6.22. The molecule has 0 unspecified atom stereocenters. The Kier molecular flexibility index (Phi) is 3.62. The normalized spacial score (nSPS) is 21.9. The molecule has 2 rings (SSSR count). The molecule has 1 aromatic carbocycles. The van der Waals surface area contributed by atoms with Gasteiger partial charge in [0.15, 0.2) is 5.78 Å². The van der Waals surface area contributed by atoms with E-state index in [4.69, 9.17) is 0 Å². The van der Waals surface area contributed by atoms with Crippen LogP contribution in [0.2, 0.25) is 0 Å². The summed E-state index contributed by atoms with van der Waals surface area (Å²) in [5, 5.41) is 3.43. The number of carbonyl (C=O) groups excluding carboxylic acids is 1. The standard InChI is InChI=1S/C15H19NO/c1-11-8-9-14(10-15(11)17)16-12(2)13-6-4-3-5-7-13/h3-7,10-12,16H,8-9H2,1-2H3/t11-,12+/m1/s1. The topological polar surface area (TPSA) is 29.1 Å². The van der Waals surface area contributed by atoms with Crippen molar-refractivity contribution in [2.24, 2.45) is 5.92 Å². The fourth-order valence-corrected chi connectivity index (χ4v) is 2.12. The number of benzene rings is 1. The first kappa shape index (κ1) is 11.9. The summed E-state index contributed by atoms with van der Waals surface area (Å²) in [6, 6.07) is 10.5. The zero-order valence-electron chi connectivity index (χ0n) is 10.4. The Labute approximate surface area is 103 Å². The van der Waals surface area contributed by atoms with Crippen LogP contribution < -0.4 is 5.32 Å². The van der Waals surface area contributed by atoms with Gasteiger partial charge < -0.3 is 5.32 Å². The molecule has 0 spiro atoms. The Morgan fingerprint density at radius 1 is 1.29 bits per heavy atom. The highest BCUT2D eigenvalue weighted by Gasteiger charge is 2.18. The number of rotatable bonds is 3. The van der Waals surface area contributed by atoms with Crippen LogP contribution in [-0.4, -0.2) is 5.78 Å². The molecule has 17 heavy (non-hydrogen) atoms. The van der Waals surface area contributed by atoms with Gasteiger partial charge >= 0.3 is 0 Å². The van der Waals surface area contributed by atoms with Gasteiger partial charge in [0.2, 0.25) is 0 Å². The van der Waals surface area contributed by atoms with E-state index in [9.17, 15) is 4.79 Å². The van der Waals surface area contributed by atoms with Crippen molar-refractivity contribution >= 4 is 5.78 Å². The predicted molar refractivity (Wildman–Crippen MR) is 69.5 cm³/mol. The van der Waals surface area contributed by atoms with Gasteiger partial charge in [-0.15, -0.1) is 0 Å². The van der Waals surface area contributed by atoms with Gasteiger partial charge in [-0.25, -0.2) is 0 Å². The Hall–Kier alpha value is -1.57. The lowest BCUT2D eigenvalue weighted by atomic mass is 9.92. The molecule has 0 amide bonds. The van der Waals surface area contributed by atoms with Crippen molar-refractivity contribution in [2.75, 3.05) is 0 Å². The number of ketones is 1. The third-order valence-electron chi connectivity index (χ3n) is 3.35. The minimum atomic E-state index is 0.188. The molecule has 0 aliphatic heterocycles. The largest absolute Gasteiger partial charge is 0.382 e. The molecule has 90 valence electrons. The second-order valence-electron chi connectivity index (χ2n) is 4.79. The summed E-state index contributed by atoms with van der Waals surface area (Å²) in [5.41, 5.74) is 2.32. The van der Waals surface area contributed by atoms with E-state index in [1.807, 2.05) is 25.1 Å². The maximum Gasteiger partial charge on any atom is 0.160 e. The van der Waals surface area contributed by atoms with E-state index in [1.54, 1.807) is 6.08 Å². The summed E-state index contributed by atoms with van der Waals surface area (Å²) in [5.74, 6) is 0.437. The quantitative estimate of drug-likeness (QED) is 0.862. The molecule has 2 atom stereocenters. The smallest absolute Gasteiger partial charge is 0.160 e. The van der Waals surface area contributed by atoms with E-state index < -0.39 is 0 Å². The molecular weight excluding hydrogens is 210 g/mol. The van der Waals surface area contributed by atoms with Gasteiger partial charge in [0.25, 0.3) is 0 Å². The van der Waals surface area contributed by atoms with Crippen LogP contribution in [-0.2, 0) is 4.79 Å². The zero-order valence-corrected chi connectivity index (χ0v) is 10.4. The van der Waals surface area contributed by atoms with Crippen molar-refractivity contribution in [1.29, 1.82) is 0 Å². The van der Waals surface area contributed by atoms with Crippen molar-refractivity contribution in [1.82, 2.24) is 5.32 Å². The monoisotopic (exact) mass is 229 g/mol. The van der Waals surface area contributed by atoms with Crippen molar-refractivity contribution in [3.05, 3.63) is 47.7 Å². The Morgan fingerprint density at radius 2 is 2.00 bits per heavy atom. The summed E-state index contributed by atoms with van der Waals surface area (Å²) in [6.45, 7) is 4.12. The van der Waals surface area contributed by atoms with Crippen molar-refractivity contribution < 1.29 is 4.79 Å². The maximum absolute atomic E-state index is 11.6. The second kappa shape index (κ2) is 5.17. The van der Waals surface area contributed by atoms with E-state index in [2.05, 4.69) is 24.4 Å². The van der Waals surface area contributed by atoms with Gasteiger partial charge in [-0.1, -0.05) is 37.3 Å². The Balaban J connectivity index is 2.03. The molecule has 0 saturated heterocycles. The van der Waals surface area contributed by atoms with Crippen LogP contribution in [0, 0.1) is 5.92 Å². The van der Waals surface area contributed by atoms with Gasteiger partial charge in [-0.2, -0.15) is 0 Å². The van der Waals surface area contributed by atoms with Crippen LogP contribution in [0.4, 0.5) is 0 Å². The van der Waals surface area contributed by atoms with Crippen LogP contribution in [0.15, 0.2) is 42.1 Å². The first-order chi connectivity index (χ1) is 8.16. The molecule has 0 fully saturated rings. The molecule has 0 radical (unpaired) electrons. The van der Waals surface area contributed by atoms with Crippen molar-refractivity contribution in [3.8, 4) is 0 Å². The molecule has 0 heterocycles. The highest BCUT2D eigenvalue weighted by Crippen LogP contribution is 2.21. The van der Waals surface area contributed by atoms with Gasteiger partial charge in [-0.3, -0.25) is 4.79 Å². The predicted octanol–water partition coefficient (Wildman–Crippen LogP) is 3.22. The first-order valence-corrected chi connectivity index (χ1v) is 6.22. The molecule has 2 nitrogen and oxygen atoms in total. The Morgan fingerprint density at radius 3 is 2.65 bits per heavy atom. The fourth-order valence-electron chi connectivity index (χ4n) is 2.12. The van der Waals surface area contributed by atoms with Gasteiger partial charge in [0, 0.05) is 23.7 Å². The summed E-state index contributed by atoms with van der Waals surface area (Å²) in [7, 11) is 0. The third-order valence-corrected chi connectivity index (χ3v) is 3.35. The molecule has 0 bridgehead atoms. The summed E-state index contributed by atoms with van der Waals surface area (Å²) >= 11 is 0. The number of carbonyl (C=O) groups is 1. The lowest BCUT2D eigenvalue weighted by Gasteiger charge is -2.22. The molecule has 1 aliphatic carbocycles. The van der Waals surface area contributed by atoms with Crippen molar-refractivity contribution in [2.45, 2.75) is 32.7 Å². The number of nitrogens with one attached hydrogen (secondary N) is 1. The minimum Gasteiger partial charge on any atom is -0.382 e. The number of hydrogen-bond acceptors (Lipinski definition) is 2. The third kappa shape index (κ3) is 2.96. The van der Waals surface area contributed by atoms with Gasteiger partial charge in [0.1, 0.15) is 0 Å². The number of allylic oxidation sites excluding steroid dienone is 2. The highest BCUT2D eigenvalue weighted by molar-refractivity contribution is 5.92. The van der Waals surface area contributed by atoms with Crippen LogP contribution in [0.25, 0.3) is 0 Å². The molecule has 2 heteroatoms. The highest BCUT2D eigenvalue weighted by atomic mass is 16.1. The van der Waals surface area contributed by atoms with E-state index in [1.165, 1.54) is 5.56 Å². The summed E-state index contributed by atoms with van der Waals surface area (Å²) in [6.07, 6.45) is 3.71. The molecule has 1 N–H and O–H groups in total. The second-order valence-corrected chi connectivity index (χ2v) is 4.79. The minimum absolute atomic E-state index is 0.188. The SMILES string of the molecule is C[C@@H]1CCC(N[C@@H](C)c2ccccc2)=CC1=O. The van der Waals surface area contributed by atoms with Crippen LogP contribution >= 0.6 is 0 Å². The molecule has 1 aromatic rings. The van der Waals surface area contributed by atoms with Crippen LogP contribution in [0.3, 0.4) is 0 Å². The summed E-state index contributed by atoms with van der Waals surface area (Å²) in [4.78, 5) is 11.6. The van der Waals surface area contributed by atoms with E-state index >= 15 is 0 Å². The molecule has 1 aliphatic rings. The molecule has 0 saturated carbocycles. The van der Waals surface area contributed by atoms with Crippen LogP contribution in [0.5, 0.6) is 0 Å². The lowest BCUT2D eigenvalue weighted by Crippen LogP contribution is -2.24. The Bertz CT molecular complexity index is 422. The average Bonchev–Trinajstić information content (AvgIpc) is 2.35.